The van der Waals surface area contributed by atoms with E-state index in [-0.39, 0.29) is 12.4 Å². The minimum Gasteiger partial charge on any atom is -0.316 e. The first-order valence-corrected chi connectivity index (χ1v) is 3.59. The van der Waals surface area contributed by atoms with Gasteiger partial charge in [0.2, 0.25) is 0 Å². The van der Waals surface area contributed by atoms with Crippen LogP contribution in [-0.2, 0) is 0 Å². The molecule has 0 aromatic heterocycles. The Labute approximate surface area is 88.5 Å². The summed E-state index contributed by atoms with van der Waals surface area (Å²) in [5.74, 6) is -2.55. The number of alkyl halides is 3. The standard InChI is InChI=1S/C8H6F5N.ClH/c9-5-2-1-4(3-6(5)10)7(14)8(11,12)13;/h1-3,7H,14H2;1H/t7-;/m1./s1. The Bertz CT molecular complexity index is 338. The molecule has 2 N–H and O–H groups in total. The predicted molar refractivity (Wildman–Crippen MR) is 46.6 cm³/mol. The molecule has 0 spiro atoms. The van der Waals surface area contributed by atoms with Gasteiger partial charge in [0.05, 0.1) is 0 Å². The third-order valence-electron chi connectivity index (χ3n) is 1.66. The lowest BCUT2D eigenvalue weighted by Gasteiger charge is -2.15. The molecule has 15 heavy (non-hydrogen) atoms. The van der Waals surface area contributed by atoms with E-state index in [9.17, 15) is 22.0 Å². The van der Waals surface area contributed by atoms with Gasteiger partial charge in [0.25, 0.3) is 0 Å². The molecule has 7 heteroatoms. The maximum absolute atomic E-state index is 12.5. The van der Waals surface area contributed by atoms with Crippen molar-refractivity contribution < 1.29 is 22.0 Å². The summed E-state index contributed by atoms with van der Waals surface area (Å²) in [4.78, 5) is 0. The van der Waals surface area contributed by atoms with Crippen molar-refractivity contribution in [1.82, 2.24) is 0 Å². The molecular weight excluding hydrogens is 241 g/mol. The van der Waals surface area contributed by atoms with E-state index in [0.29, 0.717) is 12.1 Å². The van der Waals surface area contributed by atoms with E-state index in [1.807, 2.05) is 0 Å². The van der Waals surface area contributed by atoms with E-state index < -0.39 is 29.4 Å². The first-order chi connectivity index (χ1) is 6.32. The SMILES string of the molecule is Cl.N[C@H](c1ccc(F)c(F)c1)C(F)(F)F. The molecular formula is C8H7ClF5N. The Morgan fingerprint density at radius 2 is 1.60 bits per heavy atom. The summed E-state index contributed by atoms with van der Waals surface area (Å²) in [6.45, 7) is 0. The van der Waals surface area contributed by atoms with E-state index in [0.717, 1.165) is 6.07 Å². The van der Waals surface area contributed by atoms with Crippen LogP contribution in [-0.4, -0.2) is 6.18 Å². The monoisotopic (exact) mass is 247 g/mol. The normalized spacial score (nSPS) is 13.2. The number of hydrogen-bond donors (Lipinski definition) is 1. The Kier molecular flexibility index (Phi) is 4.48. The number of hydrogen-bond acceptors (Lipinski definition) is 1. The van der Waals surface area contributed by atoms with Gasteiger partial charge >= 0.3 is 6.18 Å². The lowest BCUT2D eigenvalue weighted by Crippen LogP contribution is -2.28. The Morgan fingerprint density at radius 1 is 1.07 bits per heavy atom. The van der Waals surface area contributed by atoms with Crippen LogP contribution in [0, 0.1) is 11.6 Å². The highest BCUT2D eigenvalue weighted by Gasteiger charge is 2.38. The fraction of sp³-hybridized carbons (Fsp3) is 0.250. The Morgan fingerprint density at radius 3 is 2.00 bits per heavy atom. The lowest BCUT2D eigenvalue weighted by molar-refractivity contribution is -0.149. The third-order valence-corrected chi connectivity index (χ3v) is 1.66. The van der Waals surface area contributed by atoms with Crippen molar-refractivity contribution in [3.63, 3.8) is 0 Å². The molecule has 0 saturated heterocycles. The smallest absolute Gasteiger partial charge is 0.316 e. The van der Waals surface area contributed by atoms with Gasteiger partial charge in [-0.3, -0.25) is 0 Å². The van der Waals surface area contributed by atoms with Crippen LogP contribution >= 0.6 is 12.4 Å². The molecule has 1 aromatic carbocycles. The zero-order valence-corrected chi connectivity index (χ0v) is 8.00. The summed E-state index contributed by atoms with van der Waals surface area (Å²) >= 11 is 0. The van der Waals surface area contributed by atoms with Gasteiger partial charge in [0.1, 0.15) is 6.04 Å². The molecule has 0 fully saturated rings. The van der Waals surface area contributed by atoms with E-state index in [2.05, 4.69) is 0 Å². The van der Waals surface area contributed by atoms with E-state index in [1.54, 1.807) is 0 Å². The number of nitrogens with two attached hydrogens (primary N) is 1. The Balaban J connectivity index is 0.00000196. The fourth-order valence-electron chi connectivity index (χ4n) is 0.895. The second kappa shape index (κ2) is 4.76. The highest BCUT2D eigenvalue weighted by atomic mass is 35.5. The van der Waals surface area contributed by atoms with Crippen LogP contribution in [0.4, 0.5) is 22.0 Å². The van der Waals surface area contributed by atoms with Gasteiger partial charge in [0.15, 0.2) is 11.6 Å². The van der Waals surface area contributed by atoms with Crippen LogP contribution in [0.1, 0.15) is 11.6 Å². The second-order valence-electron chi connectivity index (χ2n) is 2.69. The maximum atomic E-state index is 12.5. The van der Waals surface area contributed by atoms with Crippen LogP contribution in [0.5, 0.6) is 0 Å². The average molecular weight is 248 g/mol. The largest absolute Gasteiger partial charge is 0.407 e. The van der Waals surface area contributed by atoms with Gasteiger partial charge < -0.3 is 5.73 Å². The molecule has 1 rings (SSSR count). The van der Waals surface area contributed by atoms with Crippen molar-refractivity contribution in [1.29, 1.82) is 0 Å². The number of benzene rings is 1. The summed E-state index contributed by atoms with van der Waals surface area (Å²) in [7, 11) is 0. The first-order valence-electron chi connectivity index (χ1n) is 3.59. The summed E-state index contributed by atoms with van der Waals surface area (Å²) < 4.78 is 61.0. The molecule has 0 saturated carbocycles. The van der Waals surface area contributed by atoms with E-state index in [1.165, 1.54) is 0 Å². The first kappa shape index (κ1) is 14.1. The summed E-state index contributed by atoms with van der Waals surface area (Å²) in [6, 6.07) is -0.446. The predicted octanol–water partition coefficient (Wildman–Crippen LogP) is 2.95. The minimum atomic E-state index is -4.66. The molecule has 1 atom stereocenters. The summed E-state index contributed by atoms with van der Waals surface area (Å²) in [6.07, 6.45) is -4.66. The zero-order valence-electron chi connectivity index (χ0n) is 7.18. The van der Waals surface area contributed by atoms with Crippen molar-refractivity contribution in [3.8, 4) is 0 Å². The van der Waals surface area contributed by atoms with Crippen molar-refractivity contribution in [2.45, 2.75) is 12.2 Å². The molecule has 86 valence electrons. The quantitative estimate of drug-likeness (QED) is 0.759. The van der Waals surface area contributed by atoms with Crippen molar-refractivity contribution in [3.05, 3.63) is 35.4 Å². The molecule has 0 aliphatic carbocycles. The zero-order chi connectivity index (χ0) is 10.9. The summed E-state index contributed by atoms with van der Waals surface area (Å²) in [5, 5.41) is 0. The minimum absolute atomic E-state index is 0. The van der Waals surface area contributed by atoms with Gasteiger partial charge in [0, 0.05) is 0 Å². The van der Waals surface area contributed by atoms with Crippen LogP contribution in [0.15, 0.2) is 18.2 Å². The van der Waals surface area contributed by atoms with Crippen LogP contribution in [0.3, 0.4) is 0 Å². The van der Waals surface area contributed by atoms with Crippen molar-refractivity contribution in [2.75, 3.05) is 0 Å². The van der Waals surface area contributed by atoms with Crippen molar-refractivity contribution >= 4 is 12.4 Å². The molecule has 1 aromatic rings. The van der Waals surface area contributed by atoms with E-state index >= 15 is 0 Å². The van der Waals surface area contributed by atoms with Crippen LogP contribution < -0.4 is 5.73 Å². The average Bonchev–Trinajstić information content (AvgIpc) is 2.07. The number of halogens is 6. The fourth-order valence-corrected chi connectivity index (χ4v) is 0.895. The molecule has 0 radical (unpaired) electrons. The van der Waals surface area contributed by atoms with E-state index in [4.69, 9.17) is 5.73 Å². The molecule has 0 heterocycles. The van der Waals surface area contributed by atoms with Crippen LogP contribution in [0.25, 0.3) is 0 Å². The third kappa shape index (κ3) is 3.32. The molecule has 0 bridgehead atoms. The molecule has 0 unspecified atom stereocenters. The Hall–Kier alpha value is -0.880. The molecule has 0 amide bonds. The topological polar surface area (TPSA) is 26.0 Å². The second-order valence-corrected chi connectivity index (χ2v) is 2.69. The molecule has 0 aliphatic rings. The summed E-state index contributed by atoms with van der Waals surface area (Å²) in [5.41, 5.74) is 4.27. The van der Waals surface area contributed by atoms with Crippen molar-refractivity contribution in [2.24, 2.45) is 5.73 Å². The maximum Gasteiger partial charge on any atom is 0.407 e. The lowest BCUT2D eigenvalue weighted by atomic mass is 10.1. The van der Waals surface area contributed by atoms with Gasteiger partial charge in [-0.2, -0.15) is 13.2 Å². The highest BCUT2D eigenvalue weighted by molar-refractivity contribution is 5.85. The molecule has 1 nitrogen and oxygen atoms in total. The van der Waals surface area contributed by atoms with Gasteiger partial charge in [-0.25, -0.2) is 8.78 Å². The molecule has 0 aliphatic heterocycles. The highest BCUT2D eigenvalue weighted by Crippen LogP contribution is 2.30. The van der Waals surface area contributed by atoms with Gasteiger partial charge in [-0.05, 0) is 17.7 Å². The van der Waals surface area contributed by atoms with Gasteiger partial charge in [-0.15, -0.1) is 12.4 Å². The number of rotatable bonds is 1. The van der Waals surface area contributed by atoms with Crippen LogP contribution in [0.2, 0.25) is 0 Å². The van der Waals surface area contributed by atoms with Gasteiger partial charge in [-0.1, -0.05) is 6.07 Å².